The summed E-state index contributed by atoms with van der Waals surface area (Å²) in [5.41, 5.74) is 2.45. The van der Waals surface area contributed by atoms with E-state index in [4.69, 9.17) is 21.1 Å². The zero-order valence-corrected chi connectivity index (χ0v) is 23.2. The van der Waals surface area contributed by atoms with Crippen LogP contribution in [0.1, 0.15) is 16.7 Å². The van der Waals surface area contributed by atoms with Crippen molar-refractivity contribution in [2.24, 2.45) is 0 Å². The number of halogens is 3. The highest BCUT2D eigenvalue weighted by Gasteiger charge is 2.35. The van der Waals surface area contributed by atoms with Gasteiger partial charge in [0.05, 0.1) is 23.0 Å². The molecule has 3 aromatic rings. The monoisotopic (exact) mass is 669 g/mol. The van der Waals surface area contributed by atoms with Gasteiger partial charge in [0.2, 0.25) is 0 Å². The third-order valence-corrected chi connectivity index (χ3v) is 7.59. The highest BCUT2D eigenvalue weighted by atomic mass is 127. The van der Waals surface area contributed by atoms with Gasteiger partial charge in [0.25, 0.3) is 11.1 Å². The molecule has 34 heavy (non-hydrogen) atoms. The third kappa shape index (κ3) is 5.79. The predicted octanol–water partition coefficient (Wildman–Crippen LogP) is 7.53. The molecule has 1 fully saturated rings. The Morgan fingerprint density at radius 3 is 2.56 bits per heavy atom. The first-order valence-corrected chi connectivity index (χ1v) is 13.2. The van der Waals surface area contributed by atoms with Crippen LogP contribution in [-0.2, 0) is 17.9 Å². The molecular formula is C25H18BrClINO4S. The van der Waals surface area contributed by atoms with E-state index >= 15 is 0 Å². The van der Waals surface area contributed by atoms with Crippen molar-refractivity contribution in [3.8, 4) is 11.5 Å². The minimum Gasteiger partial charge on any atom is -0.493 e. The molecule has 1 aliphatic heterocycles. The average Bonchev–Trinajstić information content (AvgIpc) is 3.07. The molecule has 4 rings (SSSR count). The fraction of sp³-hybridized carbons (Fsp3) is 0.120. The lowest BCUT2D eigenvalue weighted by Gasteiger charge is -2.14. The van der Waals surface area contributed by atoms with Crippen LogP contribution in [0, 0.1) is 3.57 Å². The Balaban J connectivity index is 1.53. The Morgan fingerprint density at radius 2 is 1.85 bits per heavy atom. The first-order valence-electron chi connectivity index (χ1n) is 10.1. The fourth-order valence-corrected chi connectivity index (χ4v) is 5.25. The van der Waals surface area contributed by atoms with E-state index in [0.717, 1.165) is 26.5 Å². The van der Waals surface area contributed by atoms with E-state index in [-0.39, 0.29) is 24.3 Å². The summed E-state index contributed by atoms with van der Waals surface area (Å²) in [6.45, 7) is 0.506. The summed E-state index contributed by atoms with van der Waals surface area (Å²) in [5.74, 6) is 0.694. The van der Waals surface area contributed by atoms with Crippen molar-refractivity contribution in [2.45, 2.75) is 13.2 Å². The van der Waals surface area contributed by atoms with Crippen LogP contribution in [0.15, 0.2) is 70.0 Å². The van der Waals surface area contributed by atoms with Gasteiger partial charge in [-0.05, 0) is 97.8 Å². The highest BCUT2D eigenvalue weighted by molar-refractivity contribution is 14.1. The van der Waals surface area contributed by atoms with Crippen LogP contribution in [0.4, 0.5) is 4.79 Å². The second-order valence-corrected chi connectivity index (χ2v) is 10.8. The van der Waals surface area contributed by atoms with Crippen LogP contribution in [0.2, 0.25) is 5.02 Å². The van der Waals surface area contributed by atoms with Crippen molar-refractivity contribution in [3.05, 3.63) is 95.3 Å². The van der Waals surface area contributed by atoms with Gasteiger partial charge in [-0.3, -0.25) is 14.5 Å². The number of methoxy groups -OCH3 is 1. The molecule has 5 nitrogen and oxygen atoms in total. The molecule has 0 bridgehead atoms. The average molecular weight is 671 g/mol. The minimum absolute atomic E-state index is 0.237. The first-order chi connectivity index (χ1) is 16.4. The van der Waals surface area contributed by atoms with Gasteiger partial charge in [0.15, 0.2) is 11.5 Å². The predicted molar refractivity (Wildman–Crippen MR) is 147 cm³/mol. The number of hydrogen-bond acceptors (Lipinski definition) is 5. The van der Waals surface area contributed by atoms with Crippen molar-refractivity contribution in [1.82, 2.24) is 4.90 Å². The second kappa shape index (κ2) is 11.2. The van der Waals surface area contributed by atoms with E-state index in [0.29, 0.717) is 31.5 Å². The zero-order chi connectivity index (χ0) is 24.2. The number of ether oxygens (including phenoxy) is 2. The number of amides is 2. The smallest absolute Gasteiger partial charge is 0.293 e. The number of benzene rings is 3. The van der Waals surface area contributed by atoms with Crippen LogP contribution in [0.5, 0.6) is 11.5 Å². The van der Waals surface area contributed by atoms with Crippen molar-refractivity contribution < 1.29 is 19.1 Å². The van der Waals surface area contributed by atoms with Crippen molar-refractivity contribution >= 4 is 79.1 Å². The summed E-state index contributed by atoms with van der Waals surface area (Å²) in [6.07, 6.45) is 1.68. The number of carbonyl (C=O) groups is 2. The summed E-state index contributed by atoms with van der Waals surface area (Å²) >= 11 is 12.9. The number of imide groups is 1. The summed E-state index contributed by atoms with van der Waals surface area (Å²) in [4.78, 5) is 27.0. The molecule has 0 aromatic heterocycles. The Hall–Kier alpha value is -2.01. The molecule has 9 heteroatoms. The van der Waals surface area contributed by atoms with Crippen molar-refractivity contribution in [2.75, 3.05) is 7.11 Å². The van der Waals surface area contributed by atoms with Gasteiger partial charge in [-0.15, -0.1) is 0 Å². The van der Waals surface area contributed by atoms with E-state index in [1.54, 1.807) is 25.3 Å². The molecule has 0 aliphatic carbocycles. The summed E-state index contributed by atoms with van der Waals surface area (Å²) in [6, 6.07) is 18.8. The standard InChI is InChI=1S/C25H18BrClINO4S/c1-32-21-11-16(10-19(26)23(21)33-14-17-4-2-3-5-20(17)27)12-22-24(30)29(25(31)34-22)13-15-6-8-18(28)9-7-15/h2-12H,13-14H2,1H3/b22-12-. The highest BCUT2D eigenvalue weighted by Crippen LogP contribution is 2.40. The van der Waals surface area contributed by atoms with Gasteiger partial charge in [-0.25, -0.2) is 0 Å². The minimum atomic E-state index is -0.317. The normalized spacial score (nSPS) is 14.7. The maximum atomic E-state index is 12.9. The summed E-state index contributed by atoms with van der Waals surface area (Å²) < 4.78 is 13.2. The molecule has 0 saturated carbocycles. The first kappa shape index (κ1) is 25.1. The lowest BCUT2D eigenvalue weighted by atomic mass is 10.1. The Bertz CT molecular complexity index is 1280. The molecule has 0 spiro atoms. The molecule has 3 aromatic carbocycles. The number of carbonyl (C=O) groups excluding carboxylic acids is 2. The van der Waals surface area contributed by atoms with Crippen LogP contribution >= 0.6 is 61.9 Å². The zero-order valence-electron chi connectivity index (χ0n) is 17.9. The van der Waals surface area contributed by atoms with Crippen molar-refractivity contribution in [1.29, 1.82) is 0 Å². The fourth-order valence-electron chi connectivity index (χ4n) is 3.29. The van der Waals surface area contributed by atoms with E-state index in [9.17, 15) is 9.59 Å². The maximum absolute atomic E-state index is 12.9. The van der Waals surface area contributed by atoms with Crippen LogP contribution in [0.3, 0.4) is 0 Å². The maximum Gasteiger partial charge on any atom is 0.293 e. The molecule has 0 radical (unpaired) electrons. The number of hydrogen-bond donors (Lipinski definition) is 0. The van der Waals surface area contributed by atoms with E-state index in [1.165, 1.54) is 4.90 Å². The van der Waals surface area contributed by atoms with E-state index < -0.39 is 0 Å². The summed E-state index contributed by atoms with van der Waals surface area (Å²) in [7, 11) is 1.54. The lowest BCUT2D eigenvalue weighted by Crippen LogP contribution is -2.27. The van der Waals surface area contributed by atoms with Gasteiger partial charge in [0, 0.05) is 14.2 Å². The number of nitrogens with zero attached hydrogens (tertiary/aromatic N) is 1. The summed E-state index contributed by atoms with van der Waals surface area (Å²) in [5, 5.41) is 0.329. The Labute approximate surface area is 228 Å². The van der Waals surface area contributed by atoms with Gasteiger partial charge in [0.1, 0.15) is 6.61 Å². The Morgan fingerprint density at radius 1 is 1.12 bits per heavy atom. The van der Waals surface area contributed by atoms with Crippen LogP contribution < -0.4 is 9.47 Å². The molecule has 1 heterocycles. The number of thioether (sulfide) groups is 1. The van der Waals surface area contributed by atoms with Gasteiger partial charge in [-0.2, -0.15) is 0 Å². The molecule has 174 valence electrons. The molecule has 1 saturated heterocycles. The van der Waals surface area contributed by atoms with Crippen LogP contribution in [0.25, 0.3) is 6.08 Å². The second-order valence-electron chi connectivity index (χ2n) is 7.31. The SMILES string of the molecule is COc1cc(/C=C2\SC(=O)N(Cc3ccc(I)cc3)C2=O)cc(Br)c1OCc1ccccc1Cl. The van der Waals surface area contributed by atoms with Gasteiger partial charge in [-0.1, -0.05) is 41.9 Å². The van der Waals surface area contributed by atoms with Gasteiger partial charge < -0.3 is 9.47 Å². The van der Waals surface area contributed by atoms with Gasteiger partial charge >= 0.3 is 0 Å². The quantitative estimate of drug-likeness (QED) is 0.192. The van der Waals surface area contributed by atoms with E-state index in [2.05, 4.69) is 38.5 Å². The molecule has 2 amide bonds. The van der Waals surface area contributed by atoms with Crippen molar-refractivity contribution in [3.63, 3.8) is 0 Å². The molecule has 0 unspecified atom stereocenters. The largest absolute Gasteiger partial charge is 0.493 e. The molecule has 1 aliphatic rings. The Kier molecular flexibility index (Phi) is 8.23. The lowest BCUT2D eigenvalue weighted by molar-refractivity contribution is -0.123. The topological polar surface area (TPSA) is 55.8 Å². The van der Waals surface area contributed by atoms with E-state index in [1.807, 2.05) is 48.5 Å². The number of rotatable bonds is 7. The van der Waals surface area contributed by atoms with Crippen LogP contribution in [-0.4, -0.2) is 23.2 Å². The molecular weight excluding hydrogens is 653 g/mol. The molecule has 0 N–H and O–H groups in total. The molecule has 0 atom stereocenters. The third-order valence-electron chi connectivity index (χ3n) is 5.01.